The number of thioether (sulfide) groups is 1. The van der Waals surface area contributed by atoms with Crippen LogP contribution < -0.4 is 5.32 Å². The molecule has 9 heteroatoms. The number of nitrogens with zero attached hydrogens (tertiary/aromatic N) is 4. The van der Waals surface area contributed by atoms with Crippen LogP contribution in [0.1, 0.15) is 11.4 Å². The summed E-state index contributed by atoms with van der Waals surface area (Å²) in [7, 11) is 1.80. The number of carbonyl (C=O) groups excluding carboxylic acids is 2. The van der Waals surface area contributed by atoms with Crippen molar-refractivity contribution >= 4 is 29.3 Å². The SMILES string of the molecule is Cc1ccc(NC(=O)Cc2nnc(SCC(=O)N3CCOCC3)n2C)cc1. The van der Waals surface area contributed by atoms with Crippen molar-refractivity contribution < 1.29 is 14.3 Å². The van der Waals surface area contributed by atoms with Crippen LogP contribution in [0.4, 0.5) is 5.69 Å². The number of hydrogen-bond acceptors (Lipinski definition) is 6. The lowest BCUT2D eigenvalue weighted by atomic mass is 10.2. The number of aryl methyl sites for hydroxylation is 1. The van der Waals surface area contributed by atoms with Gasteiger partial charge in [0, 0.05) is 25.8 Å². The summed E-state index contributed by atoms with van der Waals surface area (Å²) in [6.45, 7) is 4.42. The second-order valence-corrected chi connectivity index (χ2v) is 7.27. The molecular formula is C18H23N5O3S. The first-order valence-electron chi connectivity index (χ1n) is 8.76. The number of hydrogen-bond donors (Lipinski definition) is 1. The van der Waals surface area contributed by atoms with E-state index in [9.17, 15) is 9.59 Å². The number of aromatic nitrogens is 3. The topological polar surface area (TPSA) is 89.3 Å². The highest BCUT2D eigenvalue weighted by molar-refractivity contribution is 7.99. The molecule has 1 aromatic heterocycles. The highest BCUT2D eigenvalue weighted by atomic mass is 32.2. The third-order valence-corrected chi connectivity index (χ3v) is 5.27. The molecule has 1 aliphatic rings. The minimum absolute atomic E-state index is 0.0602. The summed E-state index contributed by atoms with van der Waals surface area (Å²) in [5.41, 5.74) is 1.88. The minimum Gasteiger partial charge on any atom is -0.378 e. The van der Waals surface area contributed by atoms with Gasteiger partial charge < -0.3 is 19.5 Å². The first kappa shape index (κ1) is 19.4. The van der Waals surface area contributed by atoms with E-state index in [0.29, 0.717) is 43.0 Å². The van der Waals surface area contributed by atoms with Gasteiger partial charge in [0.2, 0.25) is 11.8 Å². The number of ether oxygens (including phenoxy) is 1. The molecule has 1 aliphatic heterocycles. The van der Waals surface area contributed by atoms with Crippen LogP contribution in [0.25, 0.3) is 0 Å². The van der Waals surface area contributed by atoms with E-state index >= 15 is 0 Å². The lowest BCUT2D eigenvalue weighted by Gasteiger charge is -2.26. The van der Waals surface area contributed by atoms with Gasteiger partial charge in [0.15, 0.2) is 5.16 Å². The zero-order valence-corrected chi connectivity index (χ0v) is 16.3. The van der Waals surface area contributed by atoms with Gasteiger partial charge in [-0.15, -0.1) is 10.2 Å². The Hall–Kier alpha value is -2.39. The van der Waals surface area contributed by atoms with E-state index in [0.717, 1.165) is 11.3 Å². The summed E-state index contributed by atoms with van der Waals surface area (Å²) in [6, 6.07) is 7.61. The summed E-state index contributed by atoms with van der Waals surface area (Å²) in [4.78, 5) is 26.2. The summed E-state index contributed by atoms with van der Waals surface area (Å²) in [6.07, 6.45) is 0.120. The molecule has 0 aliphatic carbocycles. The van der Waals surface area contributed by atoms with Gasteiger partial charge in [-0.2, -0.15) is 0 Å². The molecule has 1 fully saturated rings. The Bertz CT molecular complexity index is 800. The average molecular weight is 389 g/mol. The predicted octanol–water partition coefficient (Wildman–Crippen LogP) is 1.26. The number of rotatable bonds is 6. The second kappa shape index (κ2) is 9.01. The van der Waals surface area contributed by atoms with Crippen LogP contribution in [-0.2, 0) is 27.8 Å². The number of anilines is 1. The highest BCUT2D eigenvalue weighted by Gasteiger charge is 2.19. The average Bonchev–Trinajstić information content (AvgIpc) is 3.02. The first-order valence-corrected chi connectivity index (χ1v) is 9.74. The largest absolute Gasteiger partial charge is 0.378 e. The van der Waals surface area contributed by atoms with Crippen LogP contribution >= 0.6 is 11.8 Å². The molecule has 0 radical (unpaired) electrons. The van der Waals surface area contributed by atoms with E-state index in [2.05, 4.69) is 15.5 Å². The maximum atomic E-state index is 12.2. The molecule has 1 N–H and O–H groups in total. The smallest absolute Gasteiger partial charge is 0.233 e. The second-order valence-electron chi connectivity index (χ2n) is 6.33. The van der Waals surface area contributed by atoms with E-state index in [-0.39, 0.29) is 18.2 Å². The summed E-state index contributed by atoms with van der Waals surface area (Å²) in [5, 5.41) is 11.7. The molecule has 1 saturated heterocycles. The van der Waals surface area contributed by atoms with Crippen LogP contribution in [0.2, 0.25) is 0 Å². The zero-order valence-electron chi connectivity index (χ0n) is 15.5. The van der Waals surface area contributed by atoms with Gasteiger partial charge >= 0.3 is 0 Å². The van der Waals surface area contributed by atoms with Crippen molar-refractivity contribution in [1.29, 1.82) is 0 Å². The van der Waals surface area contributed by atoms with Gasteiger partial charge in [-0.25, -0.2) is 0 Å². The number of nitrogens with one attached hydrogen (secondary N) is 1. The minimum atomic E-state index is -0.157. The molecule has 0 bridgehead atoms. The number of amides is 2. The van der Waals surface area contributed by atoms with Crippen molar-refractivity contribution in [2.45, 2.75) is 18.5 Å². The van der Waals surface area contributed by atoms with Crippen LogP contribution in [0.15, 0.2) is 29.4 Å². The molecule has 1 aromatic carbocycles. The number of morpholine rings is 1. The Morgan fingerprint density at radius 2 is 1.89 bits per heavy atom. The van der Waals surface area contributed by atoms with Crippen molar-refractivity contribution in [3.8, 4) is 0 Å². The van der Waals surface area contributed by atoms with Crippen molar-refractivity contribution in [3.05, 3.63) is 35.7 Å². The Balaban J connectivity index is 1.52. The molecular weight excluding hydrogens is 366 g/mol. The standard InChI is InChI=1S/C18H23N5O3S/c1-13-3-5-14(6-4-13)19-16(24)11-15-20-21-18(22(15)2)27-12-17(25)23-7-9-26-10-8-23/h3-6H,7-12H2,1-2H3,(H,19,24). The van der Waals surface area contributed by atoms with Crippen LogP contribution in [0, 0.1) is 6.92 Å². The van der Waals surface area contributed by atoms with Gasteiger partial charge in [-0.3, -0.25) is 9.59 Å². The van der Waals surface area contributed by atoms with Crippen molar-refractivity contribution in [2.75, 3.05) is 37.4 Å². The fourth-order valence-corrected chi connectivity index (χ4v) is 3.47. The zero-order chi connectivity index (χ0) is 19.2. The molecule has 8 nitrogen and oxygen atoms in total. The monoisotopic (exact) mass is 389 g/mol. The van der Waals surface area contributed by atoms with Gasteiger partial charge in [-0.05, 0) is 19.1 Å². The molecule has 0 unspecified atom stereocenters. The molecule has 144 valence electrons. The third kappa shape index (κ3) is 5.30. The molecule has 0 atom stereocenters. The van der Waals surface area contributed by atoms with Gasteiger partial charge in [0.25, 0.3) is 0 Å². The van der Waals surface area contributed by atoms with Crippen molar-refractivity contribution in [1.82, 2.24) is 19.7 Å². The Labute approximate surface area is 162 Å². The van der Waals surface area contributed by atoms with Crippen molar-refractivity contribution in [2.24, 2.45) is 7.05 Å². The normalized spacial score (nSPS) is 14.2. The van der Waals surface area contributed by atoms with Gasteiger partial charge in [0.1, 0.15) is 5.82 Å². The number of benzene rings is 1. The lowest BCUT2D eigenvalue weighted by Crippen LogP contribution is -2.41. The Morgan fingerprint density at radius 1 is 1.19 bits per heavy atom. The van der Waals surface area contributed by atoms with E-state index in [1.165, 1.54) is 11.8 Å². The van der Waals surface area contributed by atoms with E-state index in [1.54, 1.807) is 16.5 Å². The Morgan fingerprint density at radius 3 is 2.59 bits per heavy atom. The number of carbonyl (C=O) groups is 2. The predicted molar refractivity (Wildman–Crippen MR) is 103 cm³/mol. The van der Waals surface area contributed by atoms with Gasteiger partial charge in [-0.1, -0.05) is 29.5 Å². The van der Waals surface area contributed by atoms with Crippen LogP contribution in [-0.4, -0.2) is 63.5 Å². The molecule has 2 amide bonds. The molecule has 2 aromatic rings. The molecule has 27 heavy (non-hydrogen) atoms. The molecule has 0 saturated carbocycles. The first-order chi connectivity index (χ1) is 13.0. The fraction of sp³-hybridized carbons (Fsp3) is 0.444. The van der Waals surface area contributed by atoms with E-state index < -0.39 is 0 Å². The summed E-state index contributed by atoms with van der Waals surface area (Å²) in [5.74, 6) is 0.753. The van der Waals surface area contributed by atoms with E-state index in [1.807, 2.05) is 31.2 Å². The quantitative estimate of drug-likeness (QED) is 0.748. The summed E-state index contributed by atoms with van der Waals surface area (Å²) >= 11 is 1.33. The fourth-order valence-electron chi connectivity index (χ4n) is 2.64. The maximum Gasteiger partial charge on any atom is 0.233 e. The lowest BCUT2D eigenvalue weighted by molar-refractivity contribution is -0.132. The van der Waals surface area contributed by atoms with E-state index in [4.69, 9.17) is 4.74 Å². The highest BCUT2D eigenvalue weighted by Crippen LogP contribution is 2.17. The Kier molecular flexibility index (Phi) is 6.46. The molecule has 0 spiro atoms. The van der Waals surface area contributed by atoms with Crippen LogP contribution in [0.3, 0.4) is 0 Å². The van der Waals surface area contributed by atoms with Gasteiger partial charge in [0.05, 0.1) is 25.4 Å². The van der Waals surface area contributed by atoms with Crippen molar-refractivity contribution in [3.63, 3.8) is 0 Å². The summed E-state index contributed by atoms with van der Waals surface area (Å²) < 4.78 is 7.01. The molecule has 2 heterocycles. The molecule has 3 rings (SSSR count). The third-order valence-electron chi connectivity index (χ3n) is 4.27. The maximum absolute atomic E-state index is 12.2. The van der Waals surface area contributed by atoms with Crippen LogP contribution in [0.5, 0.6) is 0 Å².